The normalized spacial score (nSPS) is 16.2. The maximum absolute atomic E-state index is 2.53. The van der Waals surface area contributed by atoms with Crippen LogP contribution in [0.1, 0.15) is 101 Å². The van der Waals surface area contributed by atoms with Crippen LogP contribution in [-0.2, 0) is 21.7 Å². The molecule has 0 saturated heterocycles. The van der Waals surface area contributed by atoms with Crippen molar-refractivity contribution in [3.63, 3.8) is 0 Å². The lowest BCUT2D eigenvalue weighted by Crippen LogP contribution is -2.19. The Hall–Kier alpha value is -5.44. The first kappa shape index (κ1) is 34.8. The third-order valence-electron chi connectivity index (χ3n) is 14.0. The number of rotatable bonds is 3. The van der Waals surface area contributed by atoms with Crippen molar-refractivity contribution in [2.75, 3.05) is 4.90 Å². The average molecular weight is 756 g/mol. The molecule has 3 aliphatic rings. The molecule has 11 rings (SSSR count). The summed E-state index contributed by atoms with van der Waals surface area (Å²) in [5.74, 6) is 0. The van der Waals surface area contributed by atoms with Crippen molar-refractivity contribution < 1.29 is 0 Å². The third-order valence-corrected chi connectivity index (χ3v) is 15.2. The van der Waals surface area contributed by atoms with E-state index in [1.54, 1.807) is 0 Å². The number of benzene rings is 7. The second-order valence-corrected chi connectivity index (χ2v) is 20.5. The van der Waals surface area contributed by atoms with Gasteiger partial charge < -0.3 is 4.90 Å². The summed E-state index contributed by atoms with van der Waals surface area (Å²) in [6, 6.07) is 51.6. The topological polar surface area (TPSA) is 3.24 Å². The molecule has 1 aromatic heterocycles. The van der Waals surface area contributed by atoms with Gasteiger partial charge in [-0.15, -0.1) is 11.3 Å². The SMILES string of the molecule is CC(C)(C)c1ccc2sc3ccc4c(c3c2c1)-c1ccc(N(c2ccc3c(c2)C(C)(C)c2ccccc2-3)c2ccc3c(c2)C(C)(C)c2ccccc2-3)cc1C4(C)C. The van der Waals surface area contributed by atoms with E-state index in [0.717, 1.165) is 0 Å². The van der Waals surface area contributed by atoms with Gasteiger partial charge in [0.25, 0.3) is 0 Å². The molecule has 0 saturated carbocycles. The molecule has 7 aromatic carbocycles. The number of fused-ring (bicyclic) bond motifs is 13. The van der Waals surface area contributed by atoms with Crippen molar-refractivity contribution in [2.24, 2.45) is 0 Å². The molecule has 280 valence electrons. The molecule has 3 aliphatic carbocycles. The van der Waals surface area contributed by atoms with Gasteiger partial charge >= 0.3 is 0 Å². The smallest absolute Gasteiger partial charge is 0.0465 e. The molecular weight excluding hydrogens is 707 g/mol. The summed E-state index contributed by atoms with van der Waals surface area (Å²) >= 11 is 1.93. The minimum absolute atomic E-state index is 0.0844. The van der Waals surface area contributed by atoms with Gasteiger partial charge in [0.15, 0.2) is 0 Å². The van der Waals surface area contributed by atoms with E-state index in [-0.39, 0.29) is 21.7 Å². The van der Waals surface area contributed by atoms with E-state index in [4.69, 9.17) is 0 Å². The highest BCUT2D eigenvalue weighted by molar-refractivity contribution is 7.26. The molecule has 57 heavy (non-hydrogen) atoms. The molecule has 0 atom stereocenters. The summed E-state index contributed by atoms with van der Waals surface area (Å²) in [4.78, 5) is 2.53. The first-order valence-electron chi connectivity index (χ1n) is 20.6. The maximum Gasteiger partial charge on any atom is 0.0465 e. The Labute approximate surface area is 341 Å². The summed E-state index contributed by atoms with van der Waals surface area (Å²) in [7, 11) is 0. The molecule has 0 unspecified atom stereocenters. The zero-order valence-electron chi connectivity index (χ0n) is 34.6. The summed E-state index contributed by atoms with van der Waals surface area (Å²) < 4.78 is 2.73. The van der Waals surface area contributed by atoms with Crippen molar-refractivity contribution >= 4 is 48.6 Å². The molecule has 0 fully saturated rings. The molecule has 0 aliphatic heterocycles. The van der Waals surface area contributed by atoms with E-state index >= 15 is 0 Å². The molecule has 1 nitrogen and oxygen atoms in total. The minimum Gasteiger partial charge on any atom is -0.310 e. The van der Waals surface area contributed by atoms with E-state index in [0.29, 0.717) is 0 Å². The lowest BCUT2D eigenvalue weighted by atomic mass is 9.81. The van der Waals surface area contributed by atoms with E-state index in [1.807, 2.05) is 11.3 Å². The zero-order valence-corrected chi connectivity index (χ0v) is 35.4. The van der Waals surface area contributed by atoms with Crippen LogP contribution in [0.15, 0.2) is 133 Å². The van der Waals surface area contributed by atoms with E-state index in [2.05, 4.69) is 201 Å². The molecule has 0 N–H and O–H groups in total. The van der Waals surface area contributed by atoms with Crippen LogP contribution in [0.2, 0.25) is 0 Å². The quantitative estimate of drug-likeness (QED) is 0.174. The van der Waals surface area contributed by atoms with Crippen LogP contribution < -0.4 is 4.90 Å². The third kappa shape index (κ3) is 4.68. The Bertz CT molecular complexity index is 2930. The van der Waals surface area contributed by atoms with Crippen LogP contribution in [0.25, 0.3) is 53.6 Å². The lowest BCUT2D eigenvalue weighted by molar-refractivity contribution is 0.591. The highest BCUT2D eigenvalue weighted by atomic mass is 32.1. The van der Waals surface area contributed by atoms with Crippen molar-refractivity contribution in [1.82, 2.24) is 0 Å². The highest BCUT2D eigenvalue weighted by Crippen LogP contribution is 2.57. The molecular formula is C55H49NS. The first-order chi connectivity index (χ1) is 27.2. The second-order valence-electron chi connectivity index (χ2n) is 19.4. The van der Waals surface area contributed by atoms with Crippen LogP contribution in [0.3, 0.4) is 0 Å². The van der Waals surface area contributed by atoms with E-state index < -0.39 is 0 Å². The average Bonchev–Trinajstić information content (AvgIpc) is 3.83. The Morgan fingerprint density at radius 1 is 0.421 bits per heavy atom. The summed E-state index contributed by atoms with van der Waals surface area (Å²) in [5, 5.41) is 2.80. The highest BCUT2D eigenvalue weighted by Gasteiger charge is 2.40. The van der Waals surface area contributed by atoms with Crippen molar-refractivity contribution in [3.8, 4) is 33.4 Å². The predicted molar refractivity (Wildman–Crippen MR) is 245 cm³/mol. The van der Waals surface area contributed by atoms with Crippen LogP contribution in [0.5, 0.6) is 0 Å². The molecule has 1 heterocycles. The number of hydrogen-bond donors (Lipinski definition) is 0. The van der Waals surface area contributed by atoms with E-state index in [9.17, 15) is 0 Å². The number of nitrogens with zero attached hydrogens (tertiary/aromatic N) is 1. The van der Waals surface area contributed by atoms with Crippen molar-refractivity contribution in [2.45, 2.75) is 84.0 Å². The van der Waals surface area contributed by atoms with Gasteiger partial charge in [0.1, 0.15) is 0 Å². The fourth-order valence-electron chi connectivity index (χ4n) is 10.8. The first-order valence-corrected chi connectivity index (χ1v) is 21.4. The predicted octanol–water partition coefficient (Wildman–Crippen LogP) is 15.7. The summed E-state index contributed by atoms with van der Waals surface area (Å²) in [5.41, 5.74) is 21.2. The van der Waals surface area contributed by atoms with Crippen molar-refractivity contribution in [1.29, 1.82) is 0 Å². The van der Waals surface area contributed by atoms with Crippen molar-refractivity contribution in [3.05, 3.63) is 172 Å². The second kappa shape index (κ2) is 11.4. The molecule has 2 heteroatoms. The van der Waals surface area contributed by atoms with Gasteiger partial charge in [-0.1, -0.05) is 141 Å². The molecule has 0 radical (unpaired) electrons. The molecule has 0 bridgehead atoms. The van der Waals surface area contributed by atoms with Gasteiger partial charge in [0.2, 0.25) is 0 Å². The Morgan fingerprint density at radius 3 is 1.42 bits per heavy atom. The fraction of sp³-hybridized carbons (Fsp3) is 0.236. The Balaban J connectivity index is 1.13. The monoisotopic (exact) mass is 755 g/mol. The molecule has 0 amide bonds. The fourth-order valence-corrected chi connectivity index (χ4v) is 11.9. The van der Waals surface area contributed by atoms with E-state index in [1.165, 1.54) is 110 Å². The van der Waals surface area contributed by atoms with Crippen LogP contribution in [-0.4, -0.2) is 0 Å². The summed E-state index contributed by atoms with van der Waals surface area (Å²) in [6.07, 6.45) is 0. The number of anilines is 3. The lowest BCUT2D eigenvalue weighted by Gasteiger charge is -2.31. The standard InChI is InChI=1S/C55H49NS/c1-52(2,3)32-18-26-48-41(28-32)51-49(57-48)27-25-44-50(51)40-24-21-35(31-47(40)55(44,8)9)56(33-19-22-38-36-14-10-12-16-42(36)53(4,5)45(38)29-33)34-20-23-39-37-15-11-13-17-43(37)54(6,7)46(39)30-34/h10-31H,1-9H3. The van der Waals surface area contributed by atoms with Crippen LogP contribution in [0, 0.1) is 0 Å². The van der Waals surface area contributed by atoms with Gasteiger partial charge in [-0.2, -0.15) is 0 Å². The summed E-state index contributed by atoms with van der Waals surface area (Å²) in [6.45, 7) is 21.4. The maximum atomic E-state index is 2.53. The van der Waals surface area contributed by atoms with Gasteiger partial charge in [-0.05, 0) is 132 Å². The Kier molecular flexibility index (Phi) is 6.93. The van der Waals surface area contributed by atoms with Crippen LogP contribution in [0.4, 0.5) is 17.1 Å². The molecule has 0 spiro atoms. The van der Waals surface area contributed by atoms with Crippen LogP contribution >= 0.6 is 11.3 Å². The van der Waals surface area contributed by atoms with Gasteiger partial charge in [0, 0.05) is 53.5 Å². The largest absolute Gasteiger partial charge is 0.310 e. The van der Waals surface area contributed by atoms with Gasteiger partial charge in [-0.3, -0.25) is 0 Å². The zero-order chi connectivity index (χ0) is 39.4. The van der Waals surface area contributed by atoms with Gasteiger partial charge in [0.05, 0.1) is 0 Å². The number of thiophene rings is 1. The van der Waals surface area contributed by atoms with Gasteiger partial charge in [-0.25, -0.2) is 0 Å². The Morgan fingerprint density at radius 2 is 0.877 bits per heavy atom. The molecule has 8 aromatic rings. The minimum atomic E-state index is -0.167. The number of hydrogen-bond acceptors (Lipinski definition) is 2.